The maximum Gasteiger partial charge on any atom is 0.379 e. The predicted molar refractivity (Wildman–Crippen MR) is 109 cm³/mol. The first kappa shape index (κ1) is 17.6. The van der Waals surface area contributed by atoms with Gasteiger partial charge in [0.25, 0.3) is 0 Å². The molecule has 2 aromatic heterocycles. The van der Waals surface area contributed by atoms with Crippen LogP contribution in [0.15, 0.2) is 83.3 Å². The van der Waals surface area contributed by atoms with Crippen molar-refractivity contribution in [1.82, 2.24) is 0 Å². The molecule has 0 N–H and O–H groups in total. The molecule has 0 amide bonds. The zero-order chi connectivity index (χ0) is 20.0. The fourth-order valence-electron chi connectivity index (χ4n) is 3.35. The van der Waals surface area contributed by atoms with Gasteiger partial charge in [0.15, 0.2) is 20.1 Å². The molecule has 3 aromatic carbocycles. The van der Waals surface area contributed by atoms with Crippen molar-refractivity contribution < 1.29 is 22.7 Å². The molecule has 6 heteroatoms. The Kier molecular flexibility index (Phi) is 4.14. The van der Waals surface area contributed by atoms with Crippen LogP contribution >= 0.6 is 10.5 Å². The van der Waals surface area contributed by atoms with Crippen molar-refractivity contribution in [2.45, 2.75) is 0 Å². The van der Waals surface area contributed by atoms with Gasteiger partial charge in [0, 0.05) is 39.4 Å². The van der Waals surface area contributed by atoms with Gasteiger partial charge in [0.1, 0.15) is 5.75 Å². The third kappa shape index (κ3) is 2.98. The molecule has 0 atom stereocenters. The van der Waals surface area contributed by atoms with E-state index in [2.05, 4.69) is 28.7 Å². The predicted octanol–water partition coefficient (Wildman–Crippen LogP) is 6.82. The topological polar surface area (TPSA) is 39.4 Å². The van der Waals surface area contributed by atoms with Crippen LogP contribution in [-0.4, -0.2) is 5.97 Å². The van der Waals surface area contributed by atoms with Gasteiger partial charge in [-0.2, -0.15) is 8.78 Å². The highest BCUT2D eigenvalue weighted by atomic mass is 32.2. The Labute approximate surface area is 166 Å². The fourth-order valence-corrected chi connectivity index (χ4v) is 5.73. The second kappa shape index (κ2) is 6.83. The average Bonchev–Trinajstić information content (AvgIpc) is 3.26. The highest BCUT2D eigenvalue weighted by Gasteiger charge is 2.23. The lowest BCUT2D eigenvalue weighted by Crippen LogP contribution is -2.07. The molecule has 0 unspecified atom stereocenters. The highest BCUT2D eigenvalue weighted by molar-refractivity contribution is 7.50. The molecule has 5 aromatic rings. The van der Waals surface area contributed by atoms with E-state index in [-0.39, 0.29) is 16.2 Å². The fraction of sp³-hybridized carbons (Fsp3) is 0. The minimum Gasteiger partial charge on any atom is -0.422 e. The third-order valence-electron chi connectivity index (χ3n) is 4.62. The summed E-state index contributed by atoms with van der Waals surface area (Å²) in [4.78, 5) is 13.1. The summed E-state index contributed by atoms with van der Waals surface area (Å²) in [6.45, 7) is 0. The van der Waals surface area contributed by atoms with Crippen LogP contribution in [0, 0.1) is 11.8 Å². The number of halogens is 2. The van der Waals surface area contributed by atoms with Crippen molar-refractivity contribution in [3.63, 3.8) is 0 Å². The van der Waals surface area contributed by atoms with Gasteiger partial charge in [0.2, 0.25) is 5.76 Å². The van der Waals surface area contributed by atoms with Crippen LogP contribution in [-0.2, 0) is 0 Å². The Morgan fingerprint density at radius 1 is 0.828 bits per heavy atom. The number of hydrogen-bond donors (Lipinski definition) is 0. The van der Waals surface area contributed by atoms with Crippen LogP contribution in [0.2, 0.25) is 0 Å². The minimum atomic E-state index is -1.44. The lowest BCUT2D eigenvalue weighted by atomic mass is 10.2. The van der Waals surface area contributed by atoms with Crippen LogP contribution in [0.1, 0.15) is 10.6 Å². The van der Waals surface area contributed by atoms with Gasteiger partial charge in [-0.3, -0.25) is 0 Å². The molecular weight excluding hydrogens is 394 g/mol. The number of fused-ring (bicyclic) bond motifs is 3. The van der Waals surface area contributed by atoms with Crippen molar-refractivity contribution in [2.75, 3.05) is 0 Å². The third-order valence-corrected chi connectivity index (χ3v) is 6.96. The van der Waals surface area contributed by atoms with Gasteiger partial charge in [-0.25, -0.2) is 4.79 Å². The Hall–Kier alpha value is -3.51. The molecule has 0 aliphatic rings. The van der Waals surface area contributed by atoms with Gasteiger partial charge in [-0.1, -0.05) is 24.3 Å². The number of carbonyl (C=O) groups is 1. The van der Waals surface area contributed by atoms with Crippen LogP contribution in [0.25, 0.3) is 25.1 Å². The van der Waals surface area contributed by atoms with Crippen LogP contribution < -0.4 is 4.74 Å². The smallest absolute Gasteiger partial charge is 0.379 e. The second-order valence-electron chi connectivity index (χ2n) is 6.39. The summed E-state index contributed by atoms with van der Waals surface area (Å²) < 4.78 is 38.1. The zero-order valence-electron chi connectivity index (χ0n) is 14.9. The van der Waals surface area contributed by atoms with Gasteiger partial charge < -0.3 is 9.15 Å². The Morgan fingerprint density at radius 2 is 1.41 bits per heavy atom. The normalized spacial score (nSPS) is 11.2. The van der Waals surface area contributed by atoms with E-state index in [4.69, 9.17) is 4.74 Å². The van der Waals surface area contributed by atoms with Crippen LogP contribution in [0.5, 0.6) is 5.75 Å². The SMILES string of the molecule is O=C(Oc1ccc(-[s+]2c3ccccc3c3ccccc32)cc1)c1cc(F)c(F)o1. The van der Waals surface area contributed by atoms with E-state index in [1.165, 1.54) is 20.2 Å². The van der Waals surface area contributed by atoms with Gasteiger partial charge in [0.05, 0.1) is 0 Å². The van der Waals surface area contributed by atoms with E-state index >= 15 is 0 Å². The molecule has 0 bridgehead atoms. The first-order chi connectivity index (χ1) is 14.1. The summed E-state index contributed by atoms with van der Waals surface area (Å²) in [5, 5.41) is 2.45. The molecule has 142 valence electrons. The second-order valence-corrected chi connectivity index (χ2v) is 8.36. The molecular formula is C23H13F2O3S+. The van der Waals surface area contributed by atoms with E-state index < -0.39 is 23.6 Å². The van der Waals surface area contributed by atoms with E-state index in [1.807, 2.05) is 36.4 Å². The maximum atomic E-state index is 13.0. The lowest BCUT2D eigenvalue weighted by Gasteiger charge is -2.01. The zero-order valence-corrected chi connectivity index (χ0v) is 15.7. The van der Waals surface area contributed by atoms with Crippen LogP contribution in [0.3, 0.4) is 0 Å². The summed E-state index contributed by atoms with van der Waals surface area (Å²) in [5.74, 6) is -2.45. The van der Waals surface area contributed by atoms with E-state index in [0.29, 0.717) is 6.07 Å². The summed E-state index contributed by atoms with van der Waals surface area (Å²) in [6, 6.07) is 23.0. The van der Waals surface area contributed by atoms with Crippen molar-refractivity contribution in [3.05, 3.63) is 96.5 Å². The molecule has 29 heavy (non-hydrogen) atoms. The van der Waals surface area contributed by atoms with E-state index in [1.54, 1.807) is 12.1 Å². The molecule has 0 aliphatic carbocycles. The van der Waals surface area contributed by atoms with Crippen LogP contribution in [0.4, 0.5) is 8.78 Å². The first-order valence-electron chi connectivity index (χ1n) is 8.81. The summed E-state index contributed by atoms with van der Waals surface area (Å²) in [6.07, 6.45) is 0. The number of esters is 1. The molecule has 0 radical (unpaired) electrons. The average molecular weight is 407 g/mol. The number of hydrogen-bond acceptors (Lipinski definition) is 3. The van der Waals surface area contributed by atoms with Crippen molar-refractivity contribution >= 4 is 36.6 Å². The molecule has 0 saturated carbocycles. The summed E-state index contributed by atoms with van der Waals surface area (Å²) >= 11 is 0. The quantitative estimate of drug-likeness (QED) is 0.187. The number of thiophene rings is 1. The Balaban J connectivity index is 1.51. The summed E-state index contributed by atoms with van der Waals surface area (Å²) in [7, 11) is -0.255. The number of carbonyl (C=O) groups excluding carboxylic acids is 1. The van der Waals surface area contributed by atoms with Gasteiger partial charge >= 0.3 is 12.0 Å². The highest BCUT2D eigenvalue weighted by Crippen LogP contribution is 2.48. The lowest BCUT2D eigenvalue weighted by molar-refractivity contribution is 0.0691. The standard InChI is InChI=1S/C23H13F2O3S/c24-18-13-19(28-22(18)25)23(26)27-14-9-11-15(12-10-14)29-20-7-3-1-5-16(20)17-6-2-4-8-21(17)29/h1-13H/q+1. The first-order valence-corrected chi connectivity index (χ1v) is 10.0. The molecule has 0 aliphatic heterocycles. The van der Waals surface area contributed by atoms with E-state index in [9.17, 15) is 13.6 Å². The minimum absolute atomic E-state index is 0.255. The Morgan fingerprint density at radius 3 is 1.97 bits per heavy atom. The molecule has 3 nitrogen and oxygen atoms in total. The Bertz CT molecular complexity index is 1290. The summed E-state index contributed by atoms with van der Waals surface area (Å²) in [5.41, 5.74) is 0. The molecule has 0 fully saturated rings. The maximum absolute atomic E-state index is 13.0. The van der Waals surface area contributed by atoms with Crippen molar-refractivity contribution in [1.29, 1.82) is 0 Å². The molecule has 5 rings (SSSR count). The molecule has 2 heterocycles. The van der Waals surface area contributed by atoms with Gasteiger partial charge in [-0.15, -0.1) is 0 Å². The monoisotopic (exact) mass is 407 g/mol. The van der Waals surface area contributed by atoms with Gasteiger partial charge in [-0.05, 0) is 36.4 Å². The number of rotatable bonds is 3. The molecule has 0 spiro atoms. The van der Waals surface area contributed by atoms with Crippen molar-refractivity contribution in [2.24, 2.45) is 0 Å². The van der Waals surface area contributed by atoms with E-state index in [0.717, 1.165) is 4.90 Å². The number of furan rings is 1. The number of benzene rings is 3. The largest absolute Gasteiger partial charge is 0.422 e. The number of ether oxygens (including phenoxy) is 1. The van der Waals surface area contributed by atoms with Crippen molar-refractivity contribution in [3.8, 4) is 10.6 Å². The molecule has 0 saturated heterocycles.